The second kappa shape index (κ2) is 15.9. The summed E-state index contributed by atoms with van der Waals surface area (Å²) in [5.74, 6) is -1.20. The third-order valence-electron chi connectivity index (χ3n) is 4.86. The third kappa shape index (κ3) is 9.51. The van der Waals surface area contributed by atoms with Crippen LogP contribution in [-0.4, -0.2) is 32.1 Å². The summed E-state index contributed by atoms with van der Waals surface area (Å²) in [6.07, 6.45) is 0. The molecular formula is C28H22FeN4O4S2. The third-order valence-corrected chi connectivity index (χ3v) is 5.51. The first-order valence-corrected chi connectivity index (χ1v) is 12.0. The summed E-state index contributed by atoms with van der Waals surface area (Å²) >= 11 is 10.2. The Morgan fingerprint density at radius 1 is 0.538 bits per heavy atom. The van der Waals surface area contributed by atoms with Gasteiger partial charge in [-0.1, -0.05) is 95.0 Å². The van der Waals surface area contributed by atoms with Crippen LogP contribution in [0.15, 0.2) is 119 Å². The predicted molar refractivity (Wildman–Crippen MR) is 152 cm³/mol. The zero-order valence-electron chi connectivity index (χ0n) is 20.2. The molecule has 0 atom stereocenters. The van der Waals surface area contributed by atoms with Gasteiger partial charge in [-0.3, -0.25) is 9.59 Å². The number of benzene rings is 4. The molecule has 8 nitrogen and oxygen atoms in total. The van der Waals surface area contributed by atoms with Gasteiger partial charge in [0.05, 0.1) is 11.1 Å². The number of rotatable bonds is 6. The van der Waals surface area contributed by atoms with E-state index in [-0.39, 0.29) is 49.8 Å². The number of aromatic hydroxyl groups is 2. The summed E-state index contributed by atoms with van der Waals surface area (Å²) < 4.78 is 0. The summed E-state index contributed by atoms with van der Waals surface area (Å²) in [5.41, 5.74) is 6.45. The quantitative estimate of drug-likeness (QED) is 0.0873. The molecule has 0 aliphatic heterocycles. The Bertz CT molecular complexity index is 1340. The Hall–Kier alpha value is -4.28. The molecule has 2 amide bonds. The van der Waals surface area contributed by atoms with Crippen molar-refractivity contribution < 1.29 is 36.9 Å². The molecule has 4 N–H and O–H groups in total. The number of hydrogen-bond donors (Lipinski definition) is 4. The molecule has 0 saturated carbocycles. The maximum Gasteiger partial charge on any atom is 2.00 e. The Kier molecular flexibility index (Phi) is 12.6. The van der Waals surface area contributed by atoms with Crippen molar-refractivity contribution in [3.63, 3.8) is 0 Å². The average Bonchev–Trinajstić information content (AvgIpc) is 2.96. The van der Waals surface area contributed by atoms with Crippen molar-refractivity contribution in [3.05, 3.63) is 131 Å². The van der Waals surface area contributed by atoms with Crippen molar-refractivity contribution in [1.82, 2.24) is 10.9 Å². The molecule has 4 rings (SSSR count). The van der Waals surface area contributed by atoms with E-state index in [0.29, 0.717) is 0 Å². The van der Waals surface area contributed by atoms with E-state index in [0.717, 1.165) is 11.1 Å². The molecule has 4 aromatic rings. The smallest absolute Gasteiger partial charge is 0.758 e. The zero-order chi connectivity index (χ0) is 27.3. The number of hydrogen-bond acceptors (Lipinski definition) is 8. The monoisotopic (exact) mass is 598 g/mol. The van der Waals surface area contributed by atoms with E-state index in [4.69, 9.17) is 25.3 Å². The SMILES string of the molecule is O=C(N/N=C(/[S-])c1ccccc1)c1ccccc1O.O=C(N/N=C(\[S-])c1ccccc1)c1ccccc1O.[Fe+2]. The van der Waals surface area contributed by atoms with Crippen LogP contribution in [0.5, 0.6) is 11.5 Å². The predicted octanol–water partition coefficient (Wildman–Crippen LogP) is 4.06. The van der Waals surface area contributed by atoms with E-state index in [2.05, 4.69) is 21.1 Å². The molecular weight excluding hydrogens is 576 g/mol. The van der Waals surface area contributed by atoms with E-state index in [9.17, 15) is 19.8 Å². The number of hydrazone groups is 2. The minimum atomic E-state index is -0.503. The molecule has 0 fully saturated rings. The standard InChI is InChI=1S/2C14H12N2O2S.Fe/c2*17-12-9-5-4-8-11(12)13(18)15-16-14(19)10-6-2-1-3-7-10;/h2*1-9,17H,(H,15,18)(H,16,19);/q;;+2/p-2. The van der Waals surface area contributed by atoms with Gasteiger partial charge >= 0.3 is 17.1 Å². The van der Waals surface area contributed by atoms with Crippen LogP contribution in [0.25, 0.3) is 0 Å². The number of amides is 2. The van der Waals surface area contributed by atoms with E-state index in [1.54, 1.807) is 48.5 Å². The number of carbonyl (C=O) groups is 2. The summed E-state index contributed by atoms with van der Waals surface area (Å²) in [6.45, 7) is 0. The van der Waals surface area contributed by atoms with Gasteiger partial charge in [-0.05, 0) is 35.4 Å². The first-order chi connectivity index (χ1) is 18.4. The van der Waals surface area contributed by atoms with Crippen molar-refractivity contribution in [2.75, 3.05) is 0 Å². The van der Waals surface area contributed by atoms with E-state index in [1.165, 1.54) is 24.3 Å². The van der Waals surface area contributed by atoms with Crippen molar-refractivity contribution >= 4 is 47.2 Å². The van der Waals surface area contributed by atoms with E-state index >= 15 is 0 Å². The first kappa shape index (κ1) is 30.9. The molecule has 0 bridgehead atoms. The molecule has 0 saturated heterocycles. The van der Waals surface area contributed by atoms with Crippen LogP contribution in [0.2, 0.25) is 0 Å². The molecule has 0 aromatic heterocycles. The normalized spacial score (nSPS) is 10.8. The number of phenolic OH excluding ortho intramolecular Hbond substituents is 2. The molecule has 0 heterocycles. The van der Waals surface area contributed by atoms with E-state index < -0.39 is 11.8 Å². The molecule has 4 aromatic carbocycles. The largest absolute Gasteiger partial charge is 2.00 e. The zero-order valence-corrected chi connectivity index (χ0v) is 22.9. The second-order valence-electron chi connectivity index (χ2n) is 7.48. The second-order valence-corrected chi connectivity index (χ2v) is 8.26. The van der Waals surface area contributed by atoms with Crippen LogP contribution in [0.3, 0.4) is 0 Å². The fourth-order valence-electron chi connectivity index (χ4n) is 2.95. The molecule has 0 spiro atoms. The number of carbonyl (C=O) groups excluding carboxylic acids is 2. The van der Waals surface area contributed by atoms with Crippen LogP contribution in [0, 0.1) is 0 Å². The molecule has 0 aliphatic carbocycles. The van der Waals surface area contributed by atoms with E-state index in [1.807, 2.05) is 36.4 Å². The van der Waals surface area contributed by atoms with Crippen molar-refractivity contribution in [1.29, 1.82) is 0 Å². The molecule has 0 unspecified atom stereocenters. The molecule has 198 valence electrons. The number of phenols is 2. The Labute approximate surface area is 247 Å². The van der Waals surface area contributed by atoms with Gasteiger partial charge in [-0.2, -0.15) is 0 Å². The molecule has 39 heavy (non-hydrogen) atoms. The van der Waals surface area contributed by atoms with Gasteiger partial charge in [-0.25, -0.2) is 21.1 Å². The number of nitrogens with one attached hydrogen (secondary N) is 2. The van der Waals surface area contributed by atoms with Crippen LogP contribution >= 0.6 is 0 Å². The minimum Gasteiger partial charge on any atom is -0.758 e. The summed E-state index contributed by atoms with van der Waals surface area (Å²) in [4.78, 5) is 23.6. The van der Waals surface area contributed by atoms with Gasteiger partial charge in [0, 0.05) is 0 Å². The van der Waals surface area contributed by atoms with Crippen LogP contribution in [0.1, 0.15) is 31.8 Å². The van der Waals surface area contributed by atoms with Crippen LogP contribution in [0.4, 0.5) is 0 Å². The number of para-hydroxylation sites is 2. The van der Waals surface area contributed by atoms with Gasteiger partial charge in [0.1, 0.15) is 11.5 Å². The number of nitrogens with zero attached hydrogens (tertiary/aromatic N) is 2. The Balaban J connectivity index is 0.000000267. The van der Waals surface area contributed by atoms with Gasteiger partial charge < -0.3 is 35.5 Å². The van der Waals surface area contributed by atoms with Gasteiger partial charge in [0.15, 0.2) is 0 Å². The van der Waals surface area contributed by atoms with Gasteiger partial charge in [0.25, 0.3) is 11.8 Å². The molecule has 11 heteroatoms. The fourth-order valence-corrected chi connectivity index (χ4v) is 3.31. The maximum absolute atomic E-state index is 11.8. The minimum absolute atomic E-state index is 0. The first-order valence-electron chi connectivity index (χ1n) is 11.1. The Morgan fingerprint density at radius 3 is 1.18 bits per heavy atom. The summed E-state index contributed by atoms with van der Waals surface area (Å²) in [7, 11) is 0. The van der Waals surface area contributed by atoms with Crippen molar-refractivity contribution in [3.8, 4) is 11.5 Å². The van der Waals surface area contributed by atoms with Crippen LogP contribution in [-0.2, 0) is 42.3 Å². The fraction of sp³-hybridized carbons (Fsp3) is 0. The van der Waals surface area contributed by atoms with Gasteiger partial charge in [-0.15, -0.1) is 0 Å². The van der Waals surface area contributed by atoms with Crippen molar-refractivity contribution in [2.45, 2.75) is 0 Å². The van der Waals surface area contributed by atoms with Gasteiger partial charge in [0.2, 0.25) is 0 Å². The Morgan fingerprint density at radius 2 is 0.846 bits per heavy atom. The average molecular weight is 598 g/mol. The topological polar surface area (TPSA) is 123 Å². The summed E-state index contributed by atoms with van der Waals surface area (Å²) in [6, 6.07) is 30.8. The molecule has 0 radical (unpaired) electrons. The maximum atomic E-state index is 11.8. The van der Waals surface area contributed by atoms with Crippen molar-refractivity contribution in [2.24, 2.45) is 10.2 Å². The summed E-state index contributed by atoms with van der Waals surface area (Å²) in [5, 5.41) is 27.3. The molecule has 0 aliphatic rings. The van der Waals surface area contributed by atoms with Crippen LogP contribution < -0.4 is 10.9 Å².